The molecule has 17 heteroatoms. The lowest BCUT2D eigenvalue weighted by Crippen LogP contribution is -2.63. The summed E-state index contributed by atoms with van der Waals surface area (Å²) in [6, 6.07) is 13.5. The number of methoxy groups -OCH3 is 1. The van der Waals surface area contributed by atoms with Crippen LogP contribution in [0.1, 0.15) is 0 Å². The summed E-state index contributed by atoms with van der Waals surface area (Å²) >= 11 is 11.8. The van der Waals surface area contributed by atoms with E-state index < -0.39 is 43.7 Å². The number of ether oxygens (including phenoxy) is 1. The maximum atomic E-state index is 14.8. The summed E-state index contributed by atoms with van der Waals surface area (Å²) in [4.78, 5) is -0.882. The number of benzene rings is 3. The van der Waals surface area contributed by atoms with Gasteiger partial charge in [0, 0.05) is 24.7 Å². The van der Waals surface area contributed by atoms with Crippen molar-refractivity contribution in [3.05, 3.63) is 82.8 Å². The number of hydrogen-bond donors (Lipinski definition) is 0. The van der Waals surface area contributed by atoms with Crippen molar-refractivity contribution in [1.29, 1.82) is 0 Å². The molecule has 4 nitrogen and oxygen atoms in total. The van der Waals surface area contributed by atoms with E-state index in [1.54, 1.807) is 0 Å². The van der Waals surface area contributed by atoms with Crippen molar-refractivity contribution in [3.8, 4) is 5.75 Å². The minimum absolute atomic E-state index is 0.0485. The molecule has 0 bridgehead atoms. The summed E-state index contributed by atoms with van der Waals surface area (Å²) in [6.07, 6.45) is -7.25. The molecule has 0 aliphatic carbocycles. The summed E-state index contributed by atoms with van der Waals surface area (Å²) < 4.78 is 159. The minimum Gasteiger partial charge on any atom is -0.497 e. The highest BCUT2D eigenvalue weighted by Crippen LogP contribution is 2.71. The fourth-order valence-electron chi connectivity index (χ4n) is 3.24. The molecule has 40 heavy (non-hydrogen) atoms. The molecule has 0 unspecified atom stereocenters. The van der Waals surface area contributed by atoms with Crippen molar-refractivity contribution in [3.63, 3.8) is 0 Å². The molecule has 0 atom stereocenters. The Labute approximate surface area is 233 Å². The molecule has 0 N–H and O–H groups in total. The van der Waals surface area contributed by atoms with Crippen molar-refractivity contribution in [1.82, 2.24) is 0 Å². The van der Waals surface area contributed by atoms with Gasteiger partial charge in [-0.2, -0.15) is 47.9 Å². The number of alkyl halides is 9. The first-order valence-corrected chi connectivity index (χ1v) is 14.1. The van der Waals surface area contributed by atoms with Crippen LogP contribution in [0.15, 0.2) is 87.5 Å². The molecule has 0 fully saturated rings. The van der Waals surface area contributed by atoms with Crippen LogP contribution >= 0.6 is 33.5 Å². The van der Waals surface area contributed by atoms with Crippen LogP contribution in [0.4, 0.5) is 39.5 Å². The van der Waals surface area contributed by atoms with E-state index in [4.69, 9.17) is 31.6 Å². The molecule has 0 saturated heterocycles. The minimum atomic E-state index is -7.50. The first kappa shape index (κ1) is 32.2. The Kier molecular flexibility index (Phi) is 8.71. The van der Waals surface area contributed by atoms with E-state index in [-0.39, 0.29) is 30.5 Å². The Balaban J connectivity index is 2.39. The van der Waals surface area contributed by atoms with Gasteiger partial charge < -0.3 is 4.74 Å². The largest absolute Gasteiger partial charge is 0.497 e. The quantitative estimate of drug-likeness (QED) is 0.215. The third-order valence-electron chi connectivity index (χ3n) is 5.30. The van der Waals surface area contributed by atoms with Gasteiger partial charge in [0.05, 0.1) is 7.11 Å². The topological polar surface area (TPSA) is 52.6 Å². The predicted molar refractivity (Wildman–Crippen MR) is 129 cm³/mol. The first-order chi connectivity index (χ1) is 18.2. The molecule has 0 aliphatic heterocycles. The van der Waals surface area contributed by atoms with Crippen LogP contribution in [0.2, 0.25) is 10.0 Å². The summed E-state index contributed by atoms with van der Waals surface area (Å²) in [7, 11) is -10.2. The van der Waals surface area contributed by atoms with Crippen molar-refractivity contribution in [2.45, 2.75) is 38.0 Å². The molecule has 0 saturated carbocycles. The first-order valence-electron chi connectivity index (χ1n) is 10.4. The number of halogens is 11. The van der Waals surface area contributed by atoms with Crippen molar-refractivity contribution in [2.24, 2.45) is 0 Å². The Morgan fingerprint density at radius 1 is 0.600 bits per heavy atom. The highest BCUT2D eigenvalue weighted by Gasteiger charge is 2.86. The third-order valence-corrected chi connectivity index (χ3v) is 11.0. The molecular weight excluding hydrogens is 646 g/mol. The Hall–Kier alpha value is -2.33. The average molecular weight is 661 g/mol. The smallest absolute Gasteiger partial charge is 0.460 e. The fraction of sp³-hybridized carbons (Fsp3) is 0.217. The molecule has 3 rings (SSSR count). The van der Waals surface area contributed by atoms with Gasteiger partial charge >= 0.3 is 33.4 Å². The van der Waals surface area contributed by atoms with Gasteiger partial charge in [-0.1, -0.05) is 23.2 Å². The standard InChI is InChI=1S/C23H15Cl2F9O4S2/c1-37-16-6-12-19(13-7-16)39(17-8-2-14(24)3-9-17,18-10-4-15(25)5-11-18)38-40(35,36)23(33,34)21(28,29)20(26,27)22(30,31)32/h2-13H,1H3. The van der Waals surface area contributed by atoms with Crippen molar-refractivity contribution in [2.75, 3.05) is 7.11 Å². The number of hydrogen-bond acceptors (Lipinski definition) is 4. The summed E-state index contributed by atoms with van der Waals surface area (Å²) in [5, 5.41) is -7.00. The molecule has 3 aromatic carbocycles. The van der Waals surface area contributed by atoms with Gasteiger partial charge in [0.15, 0.2) is 0 Å². The Morgan fingerprint density at radius 2 is 0.950 bits per heavy atom. The molecular formula is C23H15Cl2F9O4S2. The van der Waals surface area contributed by atoms with Crippen LogP contribution in [-0.2, 0) is 13.7 Å². The van der Waals surface area contributed by atoms with Crippen LogP contribution < -0.4 is 4.74 Å². The highest BCUT2D eigenvalue weighted by atomic mass is 35.5. The van der Waals surface area contributed by atoms with Crippen LogP contribution in [0, 0.1) is 0 Å². The number of rotatable bonds is 9. The van der Waals surface area contributed by atoms with Crippen molar-refractivity contribution < 1.29 is 56.3 Å². The average Bonchev–Trinajstić information content (AvgIpc) is 2.87. The van der Waals surface area contributed by atoms with E-state index >= 15 is 0 Å². The third kappa shape index (κ3) is 5.33. The van der Waals surface area contributed by atoms with Gasteiger partial charge in [-0.25, -0.2) is 3.63 Å². The normalized spacial score (nSPS) is 14.2. The zero-order chi connectivity index (χ0) is 30.4. The van der Waals surface area contributed by atoms with E-state index in [0.717, 1.165) is 60.7 Å². The fourth-order valence-corrected chi connectivity index (χ4v) is 8.67. The molecule has 0 radical (unpaired) electrons. The van der Waals surface area contributed by atoms with Crippen LogP contribution in [0.5, 0.6) is 5.75 Å². The Morgan fingerprint density at radius 3 is 1.27 bits per heavy atom. The van der Waals surface area contributed by atoms with Gasteiger partial charge in [-0.05, 0) is 83.1 Å². The molecule has 220 valence electrons. The lowest BCUT2D eigenvalue weighted by atomic mass is 10.1. The van der Waals surface area contributed by atoms with Gasteiger partial charge in [0.2, 0.25) is 0 Å². The molecule has 3 aromatic rings. The lowest BCUT2D eigenvalue weighted by Gasteiger charge is -2.41. The second kappa shape index (κ2) is 10.8. The molecule has 0 amide bonds. The SMILES string of the molecule is COc1ccc(S(OS(=O)(=O)C(F)(F)C(F)(F)C(F)(F)C(F)(F)F)(c2ccc(Cl)cc2)c2ccc(Cl)cc2)cc1. The molecule has 0 heterocycles. The van der Waals surface area contributed by atoms with E-state index in [2.05, 4.69) is 0 Å². The van der Waals surface area contributed by atoms with Gasteiger partial charge in [0.25, 0.3) is 0 Å². The highest BCUT2D eigenvalue weighted by molar-refractivity contribution is 8.33. The van der Waals surface area contributed by atoms with Crippen LogP contribution in [-0.4, -0.2) is 38.8 Å². The second-order valence-electron chi connectivity index (χ2n) is 7.83. The Bertz CT molecular complexity index is 1400. The summed E-state index contributed by atoms with van der Waals surface area (Å²) in [6.45, 7) is 0. The predicted octanol–water partition coefficient (Wildman–Crippen LogP) is 8.97. The van der Waals surface area contributed by atoms with Crippen LogP contribution in [0.25, 0.3) is 0 Å². The molecule has 0 aromatic heterocycles. The van der Waals surface area contributed by atoms with E-state index in [1.807, 2.05) is 0 Å². The zero-order valence-electron chi connectivity index (χ0n) is 19.5. The van der Waals surface area contributed by atoms with Gasteiger partial charge in [0.1, 0.15) is 5.75 Å². The van der Waals surface area contributed by atoms with E-state index in [1.165, 1.54) is 19.2 Å². The summed E-state index contributed by atoms with van der Waals surface area (Å²) in [5.74, 6) is -14.8. The van der Waals surface area contributed by atoms with Gasteiger partial charge in [-0.3, -0.25) is 0 Å². The van der Waals surface area contributed by atoms with E-state index in [9.17, 15) is 47.9 Å². The monoisotopic (exact) mass is 660 g/mol. The maximum Gasteiger partial charge on any atom is 0.460 e. The van der Waals surface area contributed by atoms with Crippen LogP contribution in [0.3, 0.4) is 0 Å². The van der Waals surface area contributed by atoms with E-state index in [0.29, 0.717) is 0 Å². The molecule has 0 spiro atoms. The van der Waals surface area contributed by atoms with Gasteiger partial charge in [-0.15, -0.1) is 0 Å². The second-order valence-corrected chi connectivity index (χ2v) is 13.2. The zero-order valence-corrected chi connectivity index (χ0v) is 22.7. The molecule has 0 aliphatic rings. The van der Waals surface area contributed by atoms with Crippen molar-refractivity contribution >= 4 is 43.6 Å². The summed E-state index contributed by atoms with van der Waals surface area (Å²) in [5.41, 5.74) is 0. The maximum absolute atomic E-state index is 14.8. The lowest BCUT2D eigenvalue weighted by molar-refractivity contribution is -0.382.